The number of nitrogens with zero attached hydrogens (tertiary/aromatic N) is 2. The molecule has 548 valence electrons. The average Bonchev–Trinajstić information content (AvgIpc) is 0.871. The summed E-state index contributed by atoms with van der Waals surface area (Å²) in [7, 11) is 1.30. The Balaban J connectivity index is 0.000000242. The number of alkyl halides is 1. The van der Waals surface area contributed by atoms with Crippen LogP contribution in [0.5, 0.6) is 23.0 Å². The zero-order valence-electron chi connectivity index (χ0n) is 58.5. The maximum absolute atomic E-state index is 12.5. The van der Waals surface area contributed by atoms with Crippen LogP contribution >= 0.6 is 22.6 Å². The largest absolute Gasteiger partial charge is 0.508 e. The summed E-state index contributed by atoms with van der Waals surface area (Å²) in [6.07, 6.45) is 4.97. The molecule has 18 heteroatoms. The molecule has 2 aliphatic heterocycles. The minimum Gasteiger partial charge on any atom is -0.508 e. The van der Waals surface area contributed by atoms with Crippen molar-refractivity contribution in [1.82, 2.24) is 9.80 Å². The number of rotatable bonds is 23. The molecule has 0 atom stereocenters. The van der Waals surface area contributed by atoms with Crippen molar-refractivity contribution in [3.8, 4) is 23.0 Å². The second kappa shape index (κ2) is 47.5. The molecule has 17 nitrogen and oxygen atoms in total. The van der Waals surface area contributed by atoms with Gasteiger partial charge in [0.25, 0.3) is 0 Å². The van der Waals surface area contributed by atoms with Crippen LogP contribution < -0.4 is 19.9 Å². The first kappa shape index (κ1) is 83.2. The van der Waals surface area contributed by atoms with Gasteiger partial charge < -0.3 is 29.8 Å². The Morgan fingerprint density at radius 1 is 0.410 bits per heavy atom. The zero-order chi connectivity index (χ0) is 74.1. The molecule has 0 saturated carbocycles. The van der Waals surface area contributed by atoms with E-state index < -0.39 is 18.5 Å². The molecule has 2 aliphatic rings. The van der Waals surface area contributed by atoms with Gasteiger partial charge >= 0.3 is 11.9 Å². The molecule has 0 bridgehead atoms. The summed E-state index contributed by atoms with van der Waals surface area (Å²) < 4.78 is 26.6. The van der Waals surface area contributed by atoms with Gasteiger partial charge in [-0.3, -0.25) is 38.7 Å². The number of hydrogen-bond donors (Lipinski definition) is 3. The zero-order valence-corrected chi connectivity index (χ0v) is 59.6. The number of aromatic hydroxyl groups is 1. The van der Waals surface area contributed by atoms with Crippen molar-refractivity contribution in [3.63, 3.8) is 0 Å². The van der Waals surface area contributed by atoms with Crippen LogP contribution in [0.4, 0.5) is 0 Å². The first-order valence-electron chi connectivity index (χ1n) is 34.2. The number of piperidine rings is 2. The lowest BCUT2D eigenvalue weighted by Crippen LogP contribution is -2.39. The normalized spacial score (nSPS) is 12.5. The lowest BCUT2D eigenvalue weighted by atomic mass is 9.91. The number of benzene rings is 10. The van der Waals surface area contributed by atoms with E-state index in [1.165, 1.54) is 30.4 Å². The van der Waals surface area contributed by atoms with E-state index in [0.717, 1.165) is 65.0 Å². The van der Waals surface area contributed by atoms with E-state index in [1.54, 1.807) is 146 Å². The number of phenolic OH excluding ortho intramolecular Hbond substituents is 1. The lowest BCUT2D eigenvalue weighted by Gasteiger charge is -2.31. The fraction of sp³-hybridized carbons (Fsp3) is 0.230. The average molecular weight is 1530 g/mol. The number of carbonyl (C=O) groups is 7. The highest BCUT2D eigenvalue weighted by Crippen LogP contribution is 2.24. The Bertz CT molecular complexity index is 4060. The summed E-state index contributed by atoms with van der Waals surface area (Å²) in [6.45, 7) is 5.95. The van der Waals surface area contributed by atoms with Crippen molar-refractivity contribution < 1.29 is 69.1 Å². The van der Waals surface area contributed by atoms with Gasteiger partial charge in [0, 0.05) is 71.4 Å². The number of ether oxygens (including phenoxy) is 4. The molecule has 0 unspecified atom stereocenters. The third kappa shape index (κ3) is 30.2. The van der Waals surface area contributed by atoms with Crippen LogP contribution in [-0.4, -0.2) is 125 Å². The highest BCUT2D eigenvalue weighted by molar-refractivity contribution is 14.1. The Morgan fingerprint density at radius 2 is 0.676 bits per heavy atom. The topological polar surface area (TPSA) is 239 Å². The molecule has 2 heterocycles. The van der Waals surface area contributed by atoms with E-state index in [2.05, 4.69) is 74.0 Å². The number of esters is 1. The summed E-state index contributed by atoms with van der Waals surface area (Å²) >= 11 is 1.96. The van der Waals surface area contributed by atoms with Crippen molar-refractivity contribution in [3.05, 3.63) is 335 Å². The molecule has 105 heavy (non-hydrogen) atoms. The number of carbonyl (C=O) groups excluding carboxylic acids is 7. The molecule has 0 radical (unpaired) electrons. The second-order valence-electron chi connectivity index (χ2n) is 23.9. The molecule has 2 saturated heterocycles. The fourth-order valence-corrected chi connectivity index (χ4v) is 10.8. The Kier molecular flexibility index (Phi) is 37.7. The van der Waals surface area contributed by atoms with Gasteiger partial charge in [0.15, 0.2) is 42.1 Å². The SMILES string of the molecule is C.C.COC(=O)COc1ccc(C(=O)c2ccccc2)cc1.NC1CCN(Cc2ccccc2)CC1.O=C(COc1ccc(C(=O)c2ccccc2)cc1)CC1CCN(Cc2ccccc2)CC1.O=C(COc1ccc(C(=O)c2ccccc2)cc1)OO.O=C(c1ccccc1)c1ccc(O)cc1.[2H]CI. The minimum absolute atomic E-state index is 0. The number of halogens is 1. The third-order valence-corrected chi connectivity index (χ3v) is 16.4. The standard InChI is InChI=1S/C28H29NO3.C16H14O4.C15H12O5.C13H10O2.C12H18N2.CH3I.2CH4/c30-26(19-22-15-17-29(18-16-22)20-23-7-3-1-4-8-23)21-32-27-13-11-25(12-14-27)28(31)24-9-5-2-6-10-24;1-19-15(17)11-20-14-9-7-13(8-10-14)16(18)12-5-3-2-4-6-12;16-14(20-18)10-19-13-8-6-12(7-9-13)15(17)11-4-2-1-3-5-11;14-12-8-6-11(7-9-12)13(15)10-4-2-1-3-5-10;13-12-6-8-14(9-7-12)10-11-4-2-1-3-5-11;1-2;;/h1-14,22H,15-21H2;2-10H,11H2,1H3;1-9,18H,10H2;1-9,14H;1-5,12H,6-10,13H2;1H3;2*1H4/i;;;;;1D;;. The maximum atomic E-state index is 12.5. The van der Waals surface area contributed by atoms with Crippen LogP contribution in [0.15, 0.2) is 279 Å². The highest BCUT2D eigenvalue weighted by Gasteiger charge is 2.23. The smallest absolute Gasteiger partial charge is 0.379 e. The van der Waals surface area contributed by atoms with E-state index in [4.69, 9.17) is 31.7 Å². The number of phenols is 1. The van der Waals surface area contributed by atoms with E-state index >= 15 is 0 Å². The van der Waals surface area contributed by atoms with E-state index in [1.807, 2.05) is 89.3 Å². The number of likely N-dealkylation sites (tertiary alicyclic amines) is 2. The number of hydrogen-bond acceptors (Lipinski definition) is 17. The van der Waals surface area contributed by atoms with Crippen molar-refractivity contribution in [2.24, 2.45) is 11.7 Å². The molecule has 0 aliphatic carbocycles. The van der Waals surface area contributed by atoms with Crippen molar-refractivity contribution in [1.29, 1.82) is 0 Å². The molecule has 0 spiro atoms. The maximum Gasteiger partial charge on any atom is 0.379 e. The van der Waals surface area contributed by atoms with E-state index in [-0.39, 0.29) is 62.7 Å². The summed E-state index contributed by atoms with van der Waals surface area (Å²) in [5.74, 6) is 0.726. The lowest BCUT2D eigenvalue weighted by molar-refractivity contribution is -0.236. The summed E-state index contributed by atoms with van der Waals surface area (Å²) in [5.41, 5.74) is 13.4. The monoisotopic (exact) mass is 1530 g/mol. The van der Waals surface area contributed by atoms with Gasteiger partial charge in [-0.05, 0) is 171 Å². The van der Waals surface area contributed by atoms with Crippen LogP contribution in [0.3, 0.4) is 0 Å². The summed E-state index contributed by atoms with van der Waals surface area (Å²) in [5, 5.41) is 17.2. The van der Waals surface area contributed by atoms with Gasteiger partial charge in [-0.25, -0.2) is 9.59 Å². The Morgan fingerprint density at radius 3 is 0.981 bits per heavy atom. The van der Waals surface area contributed by atoms with Crippen LogP contribution in [0.1, 0.15) is 123 Å². The highest BCUT2D eigenvalue weighted by atomic mass is 127. The number of Topliss-reactive ketones (excluding diaryl/α,β-unsaturated/α-hetero) is 1. The van der Waals surface area contributed by atoms with E-state index in [9.17, 15) is 33.6 Å². The second-order valence-corrected chi connectivity index (χ2v) is 23.9. The van der Waals surface area contributed by atoms with Crippen molar-refractivity contribution in [2.75, 3.05) is 58.0 Å². The number of methoxy groups -OCH3 is 1. The van der Waals surface area contributed by atoms with Gasteiger partial charge in [0.05, 0.1) is 7.11 Å². The number of ketones is 5. The molecule has 12 rings (SSSR count). The first-order valence-corrected chi connectivity index (χ1v) is 35.1. The van der Waals surface area contributed by atoms with Gasteiger partial charge in [-0.2, -0.15) is 5.26 Å². The van der Waals surface area contributed by atoms with Gasteiger partial charge in [-0.15, -0.1) is 0 Å². The molecular formula is C87H94IN3O14. The molecule has 0 amide bonds. The molecule has 10 aromatic rings. The molecule has 4 N–H and O–H groups in total. The number of nitrogens with two attached hydrogens (primary N) is 1. The van der Waals surface area contributed by atoms with Gasteiger partial charge in [-0.1, -0.05) is 219 Å². The molecule has 10 aromatic carbocycles. The van der Waals surface area contributed by atoms with Gasteiger partial charge in [0.2, 0.25) is 0 Å². The third-order valence-electron chi connectivity index (χ3n) is 16.4. The van der Waals surface area contributed by atoms with Crippen LogP contribution in [-0.2, 0) is 37.1 Å². The first-order chi connectivity index (χ1) is 50.6. The molecular weight excluding hydrogens is 1440 g/mol. The van der Waals surface area contributed by atoms with Crippen LogP contribution in [0.25, 0.3) is 0 Å². The van der Waals surface area contributed by atoms with E-state index in [0.29, 0.717) is 85.0 Å². The molecule has 2 fully saturated rings. The van der Waals surface area contributed by atoms with Crippen LogP contribution in [0.2, 0.25) is 0 Å². The summed E-state index contributed by atoms with van der Waals surface area (Å²) in [6, 6.07) is 84.1. The predicted octanol–water partition coefficient (Wildman–Crippen LogP) is 16.5. The Labute approximate surface area is 632 Å². The summed E-state index contributed by atoms with van der Waals surface area (Å²) in [4.78, 5) is 91.6. The predicted molar refractivity (Wildman–Crippen MR) is 421 cm³/mol. The quantitative estimate of drug-likeness (QED) is 0.0135. The Hall–Kier alpha value is -10.7. The fourth-order valence-electron chi connectivity index (χ4n) is 10.8. The van der Waals surface area contributed by atoms with Gasteiger partial charge in [0.1, 0.15) is 29.6 Å². The van der Waals surface area contributed by atoms with Crippen molar-refractivity contribution in [2.45, 2.75) is 66.1 Å². The minimum atomic E-state index is -0.894. The van der Waals surface area contributed by atoms with Crippen molar-refractivity contribution >= 4 is 63.4 Å². The van der Waals surface area contributed by atoms with Crippen LogP contribution in [0, 0.1) is 5.92 Å². The molecule has 0 aromatic heterocycles.